The highest BCUT2D eigenvalue weighted by Gasteiger charge is 2.34. The Morgan fingerprint density at radius 1 is 0.861 bits per heavy atom. The molecule has 0 aliphatic rings. The summed E-state index contributed by atoms with van der Waals surface area (Å²) in [5.41, 5.74) is -3.01. The van der Waals surface area contributed by atoms with Crippen molar-refractivity contribution < 1.29 is 39.5 Å². The molecule has 0 unspecified atom stereocenters. The molecule has 190 valence electrons. The number of hydrogen-bond acceptors (Lipinski definition) is 5. The van der Waals surface area contributed by atoms with Gasteiger partial charge < -0.3 is 9.88 Å². The summed E-state index contributed by atoms with van der Waals surface area (Å²) >= 11 is 0. The molecule has 0 aromatic carbocycles. The SMILES string of the molecule is Cc1cc2c(Nc3cc(C(F)(F)F)ccn3)nc(-c3cccc(C(F)(F)F)n3)nc2n1CC(F)(F)F. The van der Waals surface area contributed by atoms with Crippen LogP contribution in [0.25, 0.3) is 22.6 Å². The van der Waals surface area contributed by atoms with E-state index in [0.717, 1.165) is 22.9 Å². The average molecular weight is 520 g/mol. The number of anilines is 2. The summed E-state index contributed by atoms with van der Waals surface area (Å²) in [6.45, 7) is -0.141. The number of rotatable bonds is 4. The van der Waals surface area contributed by atoms with Crippen molar-refractivity contribution in [2.45, 2.75) is 32.0 Å². The molecule has 0 bridgehead atoms. The topological polar surface area (TPSA) is 68.5 Å². The lowest BCUT2D eigenvalue weighted by molar-refractivity contribution is -0.141. The molecule has 0 spiro atoms. The summed E-state index contributed by atoms with van der Waals surface area (Å²) in [6.07, 6.45) is -13.3. The van der Waals surface area contributed by atoms with Crippen molar-refractivity contribution >= 4 is 22.7 Å². The number of fused-ring (bicyclic) bond motifs is 1. The molecule has 1 N–H and O–H groups in total. The van der Waals surface area contributed by atoms with Gasteiger partial charge in [-0.3, -0.25) is 0 Å². The van der Waals surface area contributed by atoms with Crippen LogP contribution in [0.3, 0.4) is 0 Å². The summed E-state index contributed by atoms with van der Waals surface area (Å²) in [6, 6.07) is 5.44. The van der Waals surface area contributed by atoms with E-state index in [-0.39, 0.29) is 28.4 Å². The Labute approximate surface area is 195 Å². The first-order valence-electron chi connectivity index (χ1n) is 9.91. The smallest absolute Gasteiger partial charge is 0.324 e. The normalized spacial score (nSPS) is 12.8. The molecule has 4 heterocycles. The fourth-order valence-corrected chi connectivity index (χ4v) is 3.35. The molecule has 4 aromatic heterocycles. The second-order valence-corrected chi connectivity index (χ2v) is 7.58. The van der Waals surface area contributed by atoms with Crippen LogP contribution < -0.4 is 5.32 Å². The van der Waals surface area contributed by atoms with Crippen LogP contribution in [0.15, 0.2) is 42.6 Å². The predicted octanol–water partition coefficient (Wildman–Crippen LogP) is 6.54. The number of alkyl halides is 9. The second kappa shape index (κ2) is 8.64. The maximum atomic E-state index is 13.2. The summed E-state index contributed by atoms with van der Waals surface area (Å²) in [4.78, 5) is 15.3. The van der Waals surface area contributed by atoms with Gasteiger partial charge in [0.2, 0.25) is 0 Å². The maximum Gasteiger partial charge on any atom is 0.433 e. The Morgan fingerprint density at radius 3 is 2.22 bits per heavy atom. The Kier molecular flexibility index (Phi) is 6.04. The molecule has 6 nitrogen and oxygen atoms in total. The number of nitrogens with one attached hydrogen (secondary N) is 1. The van der Waals surface area contributed by atoms with Crippen molar-refractivity contribution in [2.75, 3.05) is 5.32 Å². The van der Waals surface area contributed by atoms with E-state index in [1.165, 1.54) is 13.0 Å². The zero-order chi connectivity index (χ0) is 26.5. The highest BCUT2D eigenvalue weighted by Crippen LogP contribution is 2.34. The first kappa shape index (κ1) is 25.2. The van der Waals surface area contributed by atoms with Gasteiger partial charge in [0.15, 0.2) is 5.82 Å². The van der Waals surface area contributed by atoms with Crippen molar-refractivity contribution in [3.8, 4) is 11.5 Å². The molecule has 4 rings (SSSR count). The van der Waals surface area contributed by atoms with Crippen molar-refractivity contribution in [2.24, 2.45) is 0 Å². The molecule has 36 heavy (non-hydrogen) atoms. The van der Waals surface area contributed by atoms with Gasteiger partial charge in [0.1, 0.15) is 35.2 Å². The molecule has 0 radical (unpaired) electrons. The molecule has 0 aliphatic carbocycles. The lowest BCUT2D eigenvalue weighted by Crippen LogP contribution is -2.19. The van der Waals surface area contributed by atoms with Crippen LogP contribution in [-0.2, 0) is 18.9 Å². The van der Waals surface area contributed by atoms with E-state index in [2.05, 4.69) is 25.3 Å². The van der Waals surface area contributed by atoms with Gasteiger partial charge in [-0.1, -0.05) is 6.07 Å². The van der Waals surface area contributed by atoms with E-state index in [4.69, 9.17) is 0 Å². The summed E-state index contributed by atoms with van der Waals surface area (Å²) in [5, 5.41) is 2.49. The van der Waals surface area contributed by atoms with Crippen LogP contribution in [0.5, 0.6) is 0 Å². The zero-order valence-electron chi connectivity index (χ0n) is 17.9. The largest absolute Gasteiger partial charge is 0.433 e. The average Bonchev–Trinajstić information content (AvgIpc) is 3.07. The summed E-state index contributed by atoms with van der Waals surface area (Å²) < 4.78 is 119. The molecule has 0 aliphatic heterocycles. The Bertz CT molecular complexity index is 1420. The van der Waals surface area contributed by atoms with Gasteiger partial charge in [0.25, 0.3) is 0 Å². The molecule has 0 saturated carbocycles. The molecule has 0 saturated heterocycles. The third-order valence-electron chi connectivity index (χ3n) is 4.90. The van der Waals surface area contributed by atoms with Gasteiger partial charge in [0.05, 0.1) is 10.9 Å². The molecule has 0 atom stereocenters. The van der Waals surface area contributed by atoms with Gasteiger partial charge in [-0.05, 0) is 37.3 Å². The fraction of sp³-hybridized carbons (Fsp3) is 0.238. The van der Waals surface area contributed by atoms with Gasteiger partial charge >= 0.3 is 18.5 Å². The highest BCUT2D eigenvalue weighted by atomic mass is 19.4. The minimum atomic E-state index is -4.82. The van der Waals surface area contributed by atoms with Crippen LogP contribution in [0.2, 0.25) is 0 Å². The van der Waals surface area contributed by atoms with Crippen LogP contribution in [0.1, 0.15) is 17.0 Å². The number of halogens is 9. The monoisotopic (exact) mass is 520 g/mol. The van der Waals surface area contributed by atoms with Gasteiger partial charge in [0, 0.05) is 11.9 Å². The van der Waals surface area contributed by atoms with Crippen LogP contribution in [0, 0.1) is 6.92 Å². The van der Waals surface area contributed by atoms with Crippen molar-refractivity contribution in [3.63, 3.8) is 0 Å². The molecule has 15 heteroatoms. The third-order valence-corrected chi connectivity index (χ3v) is 4.90. The van der Waals surface area contributed by atoms with E-state index in [1.807, 2.05) is 0 Å². The molecule has 4 aromatic rings. The Balaban J connectivity index is 1.91. The minimum Gasteiger partial charge on any atom is -0.324 e. The standard InChI is InChI=1S/C21H13F9N6/c1-10-7-12-16(33-15-8-11(5-6-31-15)20(25,26)27)34-17(35-18(12)36(10)9-19(22,23)24)13-3-2-4-14(32-13)21(28,29)30/h2-8H,9H2,1H3,(H,31,33,34,35). The van der Waals surface area contributed by atoms with Crippen LogP contribution in [-0.4, -0.2) is 30.7 Å². The summed E-state index contributed by atoms with van der Waals surface area (Å²) in [5.74, 6) is -1.11. The number of pyridine rings is 2. The third kappa shape index (κ3) is 5.33. The van der Waals surface area contributed by atoms with E-state index in [0.29, 0.717) is 18.2 Å². The molecular formula is C21H13F9N6. The summed E-state index contributed by atoms with van der Waals surface area (Å²) in [7, 11) is 0. The zero-order valence-corrected chi connectivity index (χ0v) is 17.9. The van der Waals surface area contributed by atoms with Gasteiger partial charge in [-0.15, -0.1) is 0 Å². The fourth-order valence-electron chi connectivity index (χ4n) is 3.35. The lowest BCUT2D eigenvalue weighted by atomic mass is 10.2. The van der Waals surface area contributed by atoms with Crippen molar-refractivity contribution in [1.82, 2.24) is 24.5 Å². The lowest BCUT2D eigenvalue weighted by Gasteiger charge is -2.13. The number of aryl methyl sites for hydroxylation is 1. The molecule has 0 amide bonds. The van der Waals surface area contributed by atoms with E-state index >= 15 is 0 Å². The molecular weight excluding hydrogens is 507 g/mol. The predicted molar refractivity (Wildman–Crippen MR) is 109 cm³/mol. The van der Waals surface area contributed by atoms with Crippen molar-refractivity contribution in [1.29, 1.82) is 0 Å². The second-order valence-electron chi connectivity index (χ2n) is 7.58. The van der Waals surface area contributed by atoms with E-state index in [9.17, 15) is 39.5 Å². The first-order chi connectivity index (χ1) is 16.6. The number of nitrogens with zero attached hydrogens (tertiary/aromatic N) is 5. The first-order valence-corrected chi connectivity index (χ1v) is 9.91. The Hall–Kier alpha value is -3.91. The molecule has 0 fully saturated rings. The van der Waals surface area contributed by atoms with Gasteiger partial charge in [-0.2, -0.15) is 39.5 Å². The quantitative estimate of drug-likeness (QED) is 0.310. The van der Waals surface area contributed by atoms with Crippen LogP contribution in [0.4, 0.5) is 51.1 Å². The van der Waals surface area contributed by atoms with Crippen LogP contribution >= 0.6 is 0 Å². The van der Waals surface area contributed by atoms with Crippen molar-refractivity contribution in [3.05, 3.63) is 59.5 Å². The van der Waals surface area contributed by atoms with E-state index in [1.54, 1.807) is 0 Å². The number of aromatic nitrogens is 5. The number of hydrogen-bond donors (Lipinski definition) is 1. The maximum absolute atomic E-state index is 13.2. The van der Waals surface area contributed by atoms with E-state index < -0.39 is 47.8 Å². The minimum absolute atomic E-state index is 0.0216. The Morgan fingerprint density at radius 2 is 1.58 bits per heavy atom. The van der Waals surface area contributed by atoms with Gasteiger partial charge in [-0.25, -0.2) is 19.9 Å². The highest BCUT2D eigenvalue weighted by molar-refractivity contribution is 5.91.